The molecular formula is C16H22OS. The van der Waals surface area contributed by atoms with E-state index in [1.54, 1.807) is 11.8 Å². The fourth-order valence-corrected chi connectivity index (χ4v) is 3.95. The summed E-state index contributed by atoms with van der Waals surface area (Å²) in [6.45, 7) is 4.39. The van der Waals surface area contributed by atoms with Crippen LogP contribution in [0.25, 0.3) is 0 Å². The lowest BCUT2D eigenvalue weighted by atomic mass is 9.88. The minimum absolute atomic E-state index is 0.306. The second-order valence-electron chi connectivity index (χ2n) is 5.31. The highest BCUT2D eigenvalue weighted by atomic mass is 32.2. The van der Waals surface area contributed by atoms with Crippen LogP contribution in [0.5, 0.6) is 0 Å². The van der Waals surface area contributed by atoms with E-state index in [2.05, 4.69) is 44.2 Å². The van der Waals surface area contributed by atoms with E-state index in [-0.39, 0.29) is 0 Å². The molecule has 0 spiro atoms. The highest BCUT2D eigenvalue weighted by Gasteiger charge is 2.35. The van der Waals surface area contributed by atoms with Crippen molar-refractivity contribution in [3.8, 4) is 0 Å². The van der Waals surface area contributed by atoms with Gasteiger partial charge in [-0.05, 0) is 30.7 Å². The molecule has 0 aliphatic carbocycles. The van der Waals surface area contributed by atoms with Gasteiger partial charge in [-0.3, -0.25) is 4.79 Å². The maximum absolute atomic E-state index is 12.0. The molecule has 2 rings (SSSR count). The van der Waals surface area contributed by atoms with Gasteiger partial charge in [-0.2, -0.15) is 0 Å². The zero-order chi connectivity index (χ0) is 13.0. The summed E-state index contributed by atoms with van der Waals surface area (Å²) in [7, 11) is 0. The summed E-state index contributed by atoms with van der Waals surface area (Å²) in [5.74, 6) is 0.854. The molecule has 0 bridgehead atoms. The van der Waals surface area contributed by atoms with Gasteiger partial charge in [-0.15, -0.1) is 0 Å². The number of rotatable bonds is 5. The van der Waals surface area contributed by atoms with E-state index in [0.717, 1.165) is 25.7 Å². The van der Waals surface area contributed by atoms with Crippen LogP contribution in [0.2, 0.25) is 0 Å². The van der Waals surface area contributed by atoms with Gasteiger partial charge in [0.2, 0.25) is 0 Å². The van der Waals surface area contributed by atoms with E-state index in [1.807, 2.05) is 0 Å². The molecule has 0 saturated carbocycles. The Labute approximate surface area is 114 Å². The molecule has 1 aliphatic rings. The average molecular weight is 262 g/mol. The minimum atomic E-state index is 0.306. The van der Waals surface area contributed by atoms with Crippen molar-refractivity contribution < 1.29 is 4.79 Å². The molecule has 0 aromatic heterocycles. The first-order chi connectivity index (χ1) is 8.70. The lowest BCUT2D eigenvalue weighted by molar-refractivity contribution is -0.115. The van der Waals surface area contributed by atoms with Gasteiger partial charge in [0.05, 0.1) is 0 Å². The van der Waals surface area contributed by atoms with Crippen LogP contribution in [0.3, 0.4) is 0 Å². The maximum atomic E-state index is 12.0. The first kappa shape index (κ1) is 13.7. The molecule has 1 aromatic carbocycles. The van der Waals surface area contributed by atoms with Crippen LogP contribution in [0.15, 0.2) is 30.3 Å². The van der Waals surface area contributed by atoms with Gasteiger partial charge in [0, 0.05) is 11.2 Å². The van der Waals surface area contributed by atoms with E-state index in [9.17, 15) is 4.79 Å². The molecule has 1 nitrogen and oxygen atoms in total. The third-order valence-electron chi connectivity index (χ3n) is 4.03. The summed E-state index contributed by atoms with van der Waals surface area (Å²) in [5, 5.41) is 0.971. The molecule has 0 radical (unpaired) electrons. The topological polar surface area (TPSA) is 17.1 Å². The van der Waals surface area contributed by atoms with Gasteiger partial charge >= 0.3 is 0 Å². The number of carbonyl (C=O) groups is 1. The first-order valence-corrected chi connectivity index (χ1v) is 7.83. The molecule has 0 amide bonds. The standard InChI is InChI=1S/C16H22OS/c1-3-12(2)15-11-14(18-16(15)17)10-9-13-7-5-4-6-8-13/h4-8,12,14-15H,3,9-11H2,1-2H3/t12-,14+,15+/m0/s1. The Bertz CT molecular complexity index is 387. The van der Waals surface area contributed by atoms with Crippen LogP contribution < -0.4 is 0 Å². The predicted molar refractivity (Wildman–Crippen MR) is 78.7 cm³/mol. The van der Waals surface area contributed by atoms with Crippen molar-refractivity contribution in [2.75, 3.05) is 0 Å². The van der Waals surface area contributed by atoms with Crippen molar-refractivity contribution in [3.05, 3.63) is 35.9 Å². The second-order valence-corrected chi connectivity index (χ2v) is 6.62. The summed E-state index contributed by atoms with van der Waals surface area (Å²) in [6, 6.07) is 10.6. The molecule has 3 atom stereocenters. The van der Waals surface area contributed by atoms with E-state index in [0.29, 0.717) is 22.2 Å². The van der Waals surface area contributed by atoms with Gasteiger partial charge in [-0.25, -0.2) is 0 Å². The smallest absolute Gasteiger partial charge is 0.192 e. The number of aryl methyl sites for hydroxylation is 1. The Morgan fingerprint density at radius 1 is 1.33 bits per heavy atom. The molecule has 18 heavy (non-hydrogen) atoms. The molecule has 0 N–H and O–H groups in total. The molecular weight excluding hydrogens is 240 g/mol. The van der Waals surface area contributed by atoms with Crippen molar-refractivity contribution in [2.24, 2.45) is 11.8 Å². The molecule has 1 saturated heterocycles. The third kappa shape index (κ3) is 3.38. The van der Waals surface area contributed by atoms with Crippen LogP contribution in [-0.2, 0) is 11.2 Å². The van der Waals surface area contributed by atoms with Gasteiger partial charge in [0.1, 0.15) is 0 Å². The SMILES string of the molecule is CC[C@H](C)[C@H]1C[C@@H](CCc2ccccc2)SC1=O. The van der Waals surface area contributed by atoms with Crippen molar-refractivity contribution >= 4 is 16.9 Å². The summed E-state index contributed by atoms with van der Waals surface area (Å²) in [4.78, 5) is 12.0. The van der Waals surface area contributed by atoms with Crippen LogP contribution >= 0.6 is 11.8 Å². The summed E-state index contributed by atoms with van der Waals surface area (Å²) in [6.07, 6.45) is 4.43. The van der Waals surface area contributed by atoms with Crippen molar-refractivity contribution in [3.63, 3.8) is 0 Å². The fraction of sp³-hybridized carbons (Fsp3) is 0.562. The largest absolute Gasteiger partial charge is 0.287 e. The number of hydrogen-bond donors (Lipinski definition) is 0. The van der Waals surface area contributed by atoms with E-state index < -0.39 is 0 Å². The average Bonchev–Trinajstić information content (AvgIpc) is 2.78. The molecule has 98 valence electrons. The fourth-order valence-electron chi connectivity index (χ4n) is 2.58. The van der Waals surface area contributed by atoms with E-state index in [1.165, 1.54) is 5.56 Å². The Kier molecular flexibility index (Phi) is 4.87. The number of thioether (sulfide) groups is 1. The number of carbonyl (C=O) groups excluding carboxylic acids is 1. The quantitative estimate of drug-likeness (QED) is 0.786. The maximum Gasteiger partial charge on any atom is 0.192 e. The summed E-state index contributed by atoms with van der Waals surface area (Å²) < 4.78 is 0. The molecule has 0 unspecified atom stereocenters. The molecule has 1 aliphatic heterocycles. The minimum Gasteiger partial charge on any atom is -0.287 e. The van der Waals surface area contributed by atoms with Gasteiger partial charge < -0.3 is 0 Å². The van der Waals surface area contributed by atoms with Crippen LogP contribution in [-0.4, -0.2) is 10.4 Å². The molecule has 1 fully saturated rings. The first-order valence-electron chi connectivity index (χ1n) is 6.95. The third-order valence-corrected chi connectivity index (χ3v) is 5.33. The van der Waals surface area contributed by atoms with Crippen LogP contribution in [0.1, 0.15) is 38.7 Å². The normalized spacial score (nSPS) is 25.3. The van der Waals surface area contributed by atoms with Crippen LogP contribution in [0, 0.1) is 11.8 Å². The van der Waals surface area contributed by atoms with E-state index >= 15 is 0 Å². The number of benzene rings is 1. The lowest BCUT2D eigenvalue weighted by Gasteiger charge is -2.15. The predicted octanol–water partition coefficient (Wildman–Crippen LogP) is 4.31. The van der Waals surface area contributed by atoms with Crippen molar-refractivity contribution in [1.82, 2.24) is 0 Å². The zero-order valence-corrected chi connectivity index (χ0v) is 12.1. The summed E-state index contributed by atoms with van der Waals surface area (Å²) in [5.41, 5.74) is 1.39. The molecule has 1 aromatic rings. The number of hydrogen-bond acceptors (Lipinski definition) is 2. The molecule has 2 heteroatoms. The Morgan fingerprint density at radius 3 is 2.72 bits per heavy atom. The lowest BCUT2D eigenvalue weighted by Crippen LogP contribution is -2.14. The monoisotopic (exact) mass is 262 g/mol. The van der Waals surface area contributed by atoms with E-state index in [4.69, 9.17) is 0 Å². The second kappa shape index (κ2) is 6.42. The van der Waals surface area contributed by atoms with Gasteiger partial charge in [0.25, 0.3) is 0 Å². The van der Waals surface area contributed by atoms with Gasteiger partial charge in [-0.1, -0.05) is 62.4 Å². The highest BCUT2D eigenvalue weighted by molar-refractivity contribution is 8.14. The molecule has 1 heterocycles. The zero-order valence-electron chi connectivity index (χ0n) is 11.3. The van der Waals surface area contributed by atoms with Crippen molar-refractivity contribution in [1.29, 1.82) is 0 Å². The van der Waals surface area contributed by atoms with Crippen LogP contribution in [0.4, 0.5) is 0 Å². The Balaban J connectivity index is 1.84. The highest BCUT2D eigenvalue weighted by Crippen LogP contribution is 2.40. The van der Waals surface area contributed by atoms with Gasteiger partial charge in [0.15, 0.2) is 5.12 Å². The Morgan fingerprint density at radius 2 is 2.06 bits per heavy atom. The Hall–Kier alpha value is -0.760. The van der Waals surface area contributed by atoms with Crippen molar-refractivity contribution in [2.45, 2.75) is 44.8 Å². The summed E-state index contributed by atoms with van der Waals surface area (Å²) >= 11 is 1.60.